The lowest BCUT2D eigenvalue weighted by Crippen LogP contribution is -1.96. The van der Waals surface area contributed by atoms with Crippen LogP contribution in [0.2, 0.25) is 0 Å². The molecule has 0 radical (unpaired) electrons. The van der Waals surface area contributed by atoms with Gasteiger partial charge in [-0.05, 0) is 184 Å². The van der Waals surface area contributed by atoms with Crippen LogP contribution in [0.1, 0.15) is 0 Å². The molecule has 0 N–H and O–H groups in total. The standard InChI is InChI=1S/2C58H37N/c1-3-17-38(18-4-1)44-23-11-12-26-47(44)53-37-42-22-8-10-25-46(42)58-56(53)52-36-33-39-19-7-9-24-45(39)57(52)59(58)43-34-31-41(32-35-43)55-50-29-15-13-27-48(50)54(40-20-5-2-6-21-40)49-28-14-16-30-51(49)55;1-3-14-38(15-4-1)39-26-28-41(29-27-39)45-24-13-25-52-47(45)36-37-54-53-35-32-40-16-7-8-19-46(40)57(53)59(58(52)54)44-33-30-43(31-34-44)56-50-22-11-9-20-48(50)55(42-17-5-2-6-18-42)49-21-10-12-23-51(49)56/h2*1-37H. The second kappa shape index (κ2) is 28.3. The van der Waals surface area contributed by atoms with E-state index in [0.29, 0.717) is 0 Å². The van der Waals surface area contributed by atoms with Gasteiger partial charge < -0.3 is 9.13 Å². The Bertz CT molecular complexity index is 7990. The molecular formula is C116H74N2. The highest BCUT2D eigenvalue weighted by molar-refractivity contribution is 6.30. The zero-order valence-corrected chi connectivity index (χ0v) is 64.6. The third-order valence-electron chi connectivity index (χ3n) is 24.7. The van der Waals surface area contributed by atoms with Gasteiger partial charge in [-0.25, -0.2) is 0 Å². The van der Waals surface area contributed by atoms with Crippen LogP contribution in [-0.4, -0.2) is 9.13 Å². The van der Waals surface area contributed by atoms with E-state index in [2.05, 4.69) is 458 Å². The molecule has 0 spiro atoms. The molecular weight excluding hydrogens is 1420 g/mol. The van der Waals surface area contributed by atoms with E-state index in [1.807, 2.05) is 0 Å². The summed E-state index contributed by atoms with van der Waals surface area (Å²) in [6.45, 7) is 0. The van der Waals surface area contributed by atoms with Gasteiger partial charge in [0.2, 0.25) is 0 Å². The van der Waals surface area contributed by atoms with Crippen LogP contribution >= 0.6 is 0 Å². The molecule has 22 aromatic carbocycles. The monoisotopic (exact) mass is 1490 g/mol. The Morgan fingerprint density at radius 1 is 0.127 bits per heavy atom. The molecule has 2 nitrogen and oxygen atoms in total. The lowest BCUT2D eigenvalue weighted by atomic mass is 9.86. The molecule has 548 valence electrons. The van der Waals surface area contributed by atoms with Crippen molar-refractivity contribution >= 4 is 130 Å². The fourth-order valence-electron chi connectivity index (χ4n) is 19.6. The van der Waals surface area contributed by atoms with Crippen LogP contribution in [-0.2, 0) is 0 Å². The first-order valence-corrected chi connectivity index (χ1v) is 40.9. The van der Waals surface area contributed by atoms with Gasteiger partial charge in [0.1, 0.15) is 0 Å². The van der Waals surface area contributed by atoms with Crippen molar-refractivity contribution in [1.82, 2.24) is 9.13 Å². The largest absolute Gasteiger partial charge is 0.308 e. The van der Waals surface area contributed by atoms with Gasteiger partial charge in [0.25, 0.3) is 0 Å². The maximum atomic E-state index is 2.54. The molecule has 2 heteroatoms. The number of hydrogen-bond acceptors (Lipinski definition) is 0. The van der Waals surface area contributed by atoms with Crippen LogP contribution in [0.5, 0.6) is 0 Å². The zero-order valence-electron chi connectivity index (χ0n) is 64.6. The molecule has 2 aromatic heterocycles. The Hall–Kier alpha value is -15.5. The summed E-state index contributed by atoms with van der Waals surface area (Å²) in [5.74, 6) is 0. The summed E-state index contributed by atoms with van der Waals surface area (Å²) in [7, 11) is 0. The van der Waals surface area contributed by atoms with Crippen molar-refractivity contribution in [1.29, 1.82) is 0 Å². The molecule has 0 saturated carbocycles. The van der Waals surface area contributed by atoms with Crippen LogP contribution in [0.15, 0.2) is 449 Å². The fraction of sp³-hybridized carbons (Fsp3) is 0. The highest BCUT2D eigenvalue weighted by Gasteiger charge is 2.26. The van der Waals surface area contributed by atoms with Gasteiger partial charge in [-0.15, -0.1) is 0 Å². The highest BCUT2D eigenvalue weighted by Crippen LogP contribution is 2.51. The molecule has 0 aliphatic rings. The Morgan fingerprint density at radius 2 is 0.398 bits per heavy atom. The quantitative estimate of drug-likeness (QED) is 0.121. The first-order valence-electron chi connectivity index (χ1n) is 40.9. The molecule has 0 aliphatic heterocycles. The van der Waals surface area contributed by atoms with Gasteiger partial charge in [0, 0.05) is 54.5 Å². The van der Waals surface area contributed by atoms with Crippen molar-refractivity contribution in [3.05, 3.63) is 449 Å². The molecule has 0 bridgehead atoms. The SMILES string of the molecule is c1ccc(-c2ccc(-c3cccc4c3ccc3c5ccc6ccccc6c5n(-c5ccc(-c6c7ccccc7c(-c7ccccc7)c7ccccc67)cc5)c43)cc2)cc1.c1ccc(-c2ccccc2-c2cc3ccccc3c3c2c2ccc4ccccc4c2n3-c2ccc(-c3c4ccccc4c(-c4ccccc4)c4ccccc34)cc2)cc1. The molecule has 0 amide bonds. The first kappa shape index (κ1) is 68.1. The summed E-state index contributed by atoms with van der Waals surface area (Å²) in [6.07, 6.45) is 0. The van der Waals surface area contributed by atoms with Gasteiger partial charge in [0.15, 0.2) is 0 Å². The van der Waals surface area contributed by atoms with E-state index in [-0.39, 0.29) is 0 Å². The minimum atomic E-state index is 1.14. The molecule has 0 atom stereocenters. The number of fused-ring (bicyclic) bond motifs is 18. The van der Waals surface area contributed by atoms with Crippen molar-refractivity contribution in [3.63, 3.8) is 0 Å². The van der Waals surface area contributed by atoms with Crippen LogP contribution in [0, 0.1) is 0 Å². The molecule has 0 fully saturated rings. The van der Waals surface area contributed by atoms with Gasteiger partial charge in [0.05, 0.1) is 22.1 Å². The van der Waals surface area contributed by atoms with E-state index < -0.39 is 0 Å². The van der Waals surface area contributed by atoms with Crippen molar-refractivity contribution in [2.24, 2.45) is 0 Å². The molecule has 2 heterocycles. The second-order valence-corrected chi connectivity index (χ2v) is 31.1. The molecule has 24 aromatic rings. The third kappa shape index (κ3) is 11.1. The Morgan fingerprint density at radius 3 is 0.864 bits per heavy atom. The first-order chi connectivity index (χ1) is 58.6. The van der Waals surface area contributed by atoms with Gasteiger partial charge in [-0.2, -0.15) is 0 Å². The lowest BCUT2D eigenvalue weighted by molar-refractivity contribution is 1.19. The smallest absolute Gasteiger partial charge is 0.0625 e. The molecule has 118 heavy (non-hydrogen) atoms. The van der Waals surface area contributed by atoms with Gasteiger partial charge in [-0.1, -0.05) is 419 Å². The minimum absolute atomic E-state index is 1.14. The maximum absolute atomic E-state index is 2.54. The average Bonchev–Trinajstić information content (AvgIpc) is 1.54. The Labute approximate surface area is 683 Å². The van der Waals surface area contributed by atoms with E-state index in [1.165, 1.54) is 219 Å². The van der Waals surface area contributed by atoms with Crippen LogP contribution < -0.4 is 0 Å². The predicted octanol–water partition coefficient (Wildman–Crippen LogP) is 32.1. The Balaban J connectivity index is 0.000000138. The summed E-state index contributed by atoms with van der Waals surface area (Å²) in [5.41, 5.74) is 27.0. The van der Waals surface area contributed by atoms with Crippen LogP contribution in [0.25, 0.3) is 230 Å². The van der Waals surface area contributed by atoms with Crippen molar-refractivity contribution < 1.29 is 0 Å². The zero-order chi connectivity index (χ0) is 77.7. The van der Waals surface area contributed by atoms with Crippen molar-refractivity contribution in [2.75, 3.05) is 0 Å². The number of nitrogens with zero attached hydrogens (tertiary/aromatic N) is 2. The second-order valence-electron chi connectivity index (χ2n) is 31.1. The van der Waals surface area contributed by atoms with Crippen LogP contribution in [0.3, 0.4) is 0 Å². The molecule has 0 unspecified atom stereocenters. The molecule has 0 saturated heterocycles. The maximum Gasteiger partial charge on any atom is 0.0625 e. The van der Waals surface area contributed by atoms with E-state index in [1.54, 1.807) is 0 Å². The summed E-state index contributed by atoms with van der Waals surface area (Å²) >= 11 is 0. The number of aromatic nitrogens is 2. The minimum Gasteiger partial charge on any atom is -0.308 e. The summed E-state index contributed by atoms with van der Waals surface area (Å²) in [4.78, 5) is 0. The highest BCUT2D eigenvalue weighted by atomic mass is 15.0. The van der Waals surface area contributed by atoms with E-state index in [9.17, 15) is 0 Å². The fourth-order valence-corrected chi connectivity index (χ4v) is 19.6. The van der Waals surface area contributed by atoms with E-state index >= 15 is 0 Å². The van der Waals surface area contributed by atoms with E-state index in [4.69, 9.17) is 0 Å². The van der Waals surface area contributed by atoms with Gasteiger partial charge in [-0.3, -0.25) is 0 Å². The van der Waals surface area contributed by atoms with Crippen molar-refractivity contribution in [3.8, 4) is 100 Å². The Kier molecular flexibility index (Phi) is 16.3. The number of benzene rings is 22. The van der Waals surface area contributed by atoms with E-state index in [0.717, 1.165) is 11.4 Å². The van der Waals surface area contributed by atoms with Crippen LogP contribution in [0.4, 0.5) is 0 Å². The van der Waals surface area contributed by atoms with Gasteiger partial charge >= 0.3 is 0 Å². The average molecular weight is 1500 g/mol. The summed E-state index contributed by atoms with van der Waals surface area (Å²) < 4.78 is 5.07. The number of hydrogen-bond donors (Lipinski definition) is 0. The van der Waals surface area contributed by atoms with Crippen molar-refractivity contribution in [2.45, 2.75) is 0 Å². The predicted molar refractivity (Wildman–Crippen MR) is 505 cm³/mol. The topological polar surface area (TPSA) is 9.86 Å². The molecule has 24 rings (SSSR count). The molecule has 0 aliphatic carbocycles. The normalized spacial score (nSPS) is 11.7. The summed E-state index contributed by atoms with van der Waals surface area (Å²) in [6, 6.07) is 165. The third-order valence-corrected chi connectivity index (χ3v) is 24.7. The lowest BCUT2D eigenvalue weighted by Gasteiger charge is -2.18. The number of rotatable bonds is 10. The summed E-state index contributed by atoms with van der Waals surface area (Å²) in [5, 5.41) is 25.0.